The lowest BCUT2D eigenvalue weighted by atomic mass is 10.1. The van der Waals surface area contributed by atoms with Crippen LogP contribution in [0, 0.1) is 13.8 Å². The number of para-hydroxylation sites is 1. The summed E-state index contributed by atoms with van der Waals surface area (Å²) in [6.45, 7) is 4.11. The van der Waals surface area contributed by atoms with Crippen LogP contribution in [0.25, 0.3) is 17.1 Å². The van der Waals surface area contributed by atoms with Gasteiger partial charge in [0, 0.05) is 11.3 Å². The lowest BCUT2D eigenvalue weighted by Gasteiger charge is -2.10. The first-order valence-electron chi connectivity index (χ1n) is 10.2. The summed E-state index contributed by atoms with van der Waals surface area (Å²) in [4.78, 5) is 12.3. The average molecular weight is 442 g/mol. The Kier molecular flexibility index (Phi) is 6.77. The maximum Gasteiger partial charge on any atom is 0.250 e. The highest BCUT2D eigenvalue weighted by molar-refractivity contribution is 7.99. The maximum absolute atomic E-state index is 12.3. The molecule has 1 N–H and O–H groups in total. The largest absolute Gasteiger partial charge is 0.272 e. The zero-order valence-corrected chi connectivity index (χ0v) is 18.7. The van der Waals surface area contributed by atoms with E-state index in [1.54, 1.807) is 6.21 Å². The summed E-state index contributed by atoms with van der Waals surface area (Å²) in [5, 5.41) is 13.5. The van der Waals surface area contributed by atoms with E-state index in [0.717, 1.165) is 22.6 Å². The number of hydrogen-bond acceptors (Lipinski definition) is 5. The average Bonchev–Trinajstić information content (AvgIpc) is 3.25. The summed E-state index contributed by atoms with van der Waals surface area (Å²) >= 11 is 1.32. The number of aromatic nitrogens is 3. The van der Waals surface area contributed by atoms with Crippen molar-refractivity contribution in [2.45, 2.75) is 19.0 Å². The molecule has 32 heavy (non-hydrogen) atoms. The molecule has 0 aliphatic carbocycles. The molecule has 1 aromatic heterocycles. The van der Waals surface area contributed by atoms with Gasteiger partial charge in [-0.1, -0.05) is 78.5 Å². The first-order valence-corrected chi connectivity index (χ1v) is 11.2. The van der Waals surface area contributed by atoms with Crippen molar-refractivity contribution in [3.8, 4) is 17.1 Å². The number of rotatable bonds is 7. The number of benzene rings is 3. The third kappa shape index (κ3) is 5.12. The minimum atomic E-state index is -0.209. The van der Waals surface area contributed by atoms with Crippen molar-refractivity contribution in [2.24, 2.45) is 5.10 Å². The van der Waals surface area contributed by atoms with Crippen molar-refractivity contribution in [2.75, 3.05) is 5.75 Å². The van der Waals surface area contributed by atoms with Gasteiger partial charge >= 0.3 is 0 Å². The molecule has 6 nitrogen and oxygen atoms in total. The van der Waals surface area contributed by atoms with Crippen molar-refractivity contribution < 1.29 is 4.79 Å². The Morgan fingerprint density at radius 1 is 0.969 bits per heavy atom. The number of carbonyl (C=O) groups is 1. The van der Waals surface area contributed by atoms with Crippen LogP contribution in [0.15, 0.2) is 89.1 Å². The Morgan fingerprint density at radius 3 is 2.41 bits per heavy atom. The molecular formula is C25H23N5OS. The summed E-state index contributed by atoms with van der Waals surface area (Å²) in [5.74, 6) is 0.690. The predicted octanol–water partition coefficient (Wildman–Crippen LogP) is 4.79. The van der Waals surface area contributed by atoms with Crippen LogP contribution in [-0.4, -0.2) is 32.6 Å². The highest BCUT2D eigenvalue weighted by Crippen LogP contribution is 2.27. The number of hydrogen-bond donors (Lipinski definition) is 1. The van der Waals surface area contributed by atoms with Crippen LogP contribution in [0.5, 0.6) is 0 Å². The maximum atomic E-state index is 12.3. The summed E-state index contributed by atoms with van der Waals surface area (Å²) in [5.41, 5.74) is 7.83. The third-order valence-electron chi connectivity index (χ3n) is 4.95. The molecule has 0 spiro atoms. The molecule has 4 aromatic rings. The predicted molar refractivity (Wildman–Crippen MR) is 129 cm³/mol. The normalized spacial score (nSPS) is 11.1. The highest BCUT2D eigenvalue weighted by atomic mass is 32.2. The van der Waals surface area contributed by atoms with E-state index in [2.05, 4.69) is 34.6 Å². The molecule has 0 unspecified atom stereocenters. The molecule has 0 atom stereocenters. The van der Waals surface area contributed by atoms with E-state index in [9.17, 15) is 4.79 Å². The SMILES string of the molecule is Cc1ccc(/C=N/NC(=O)CSc2nnc(-c3ccccc3)n2-c2ccccc2)cc1C. The molecule has 0 radical (unpaired) electrons. The Bertz CT molecular complexity index is 1240. The van der Waals surface area contributed by atoms with E-state index in [0.29, 0.717) is 5.16 Å². The fourth-order valence-electron chi connectivity index (χ4n) is 3.13. The van der Waals surface area contributed by atoms with E-state index in [4.69, 9.17) is 0 Å². The fourth-order valence-corrected chi connectivity index (χ4v) is 3.88. The van der Waals surface area contributed by atoms with Crippen LogP contribution in [0.3, 0.4) is 0 Å². The molecule has 0 fully saturated rings. The molecule has 0 aliphatic heterocycles. The van der Waals surface area contributed by atoms with Gasteiger partial charge in [0.25, 0.3) is 5.91 Å². The number of aryl methyl sites for hydroxylation is 2. The lowest BCUT2D eigenvalue weighted by molar-refractivity contribution is -0.118. The molecule has 160 valence electrons. The van der Waals surface area contributed by atoms with Gasteiger partial charge in [-0.05, 0) is 42.7 Å². The van der Waals surface area contributed by atoms with Crippen molar-refractivity contribution in [1.82, 2.24) is 20.2 Å². The quantitative estimate of drug-likeness (QED) is 0.254. The van der Waals surface area contributed by atoms with Gasteiger partial charge < -0.3 is 0 Å². The molecule has 0 bridgehead atoms. The summed E-state index contributed by atoms with van der Waals surface area (Å²) in [7, 11) is 0. The van der Waals surface area contributed by atoms with E-state index in [1.807, 2.05) is 83.4 Å². The van der Waals surface area contributed by atoms with E-state index < -0.39 is 0 Å². The summed E-state index contributed by atoms with van der Waals surface area (Å²) in [6, 6.07) is 25.8. The number of carbonyl (C=O) groups excluding carboxylic acids is 1. The van der Waals surface area contributed by atoms with Crippen LogP contribution in [-0.2, 0) is 4.79 Å². The second-order valence-electron chi connectivity index (χ2n) is 7.27. The van der Waals surface area contributed by atoms with Crippen molar-refractivity contribution >= 4 is 23.9 Å². The number of hydrazone groups is 1. The Labute approximate surface area is 191 Å². The van der Waals surface area contributed by atoms with Gasteiger partial charge in [0.15, 0.2) is 11.0 Å². The summed E-state index contributed by atoms with van der Waals surface area (Å²) < 4.78 is 1.96. The van der Waals surface area contributed by atoms with Crippen LogP contribution < -0.4 is 5.43 Å². The zero-order chi connectivity index (χ0) is 22.3. The standard InChI is InChI=1S/C25H23N5OS/c1-18-13-14-20(15-19(18)2)16-26-27-23(31)17-32-25-29-28-24(21-9-5-3-6-10-21)30(25)22-11-7-4-8-12-22/h3-16H,17H2,1-2H3,(H,27,31)/b26-16+. The lowest BCUT2D eigenvalue weighted by Crippen LogP contribution is -2.20. The highest BCUT2D eigenvalue weighted by Gasteiger charge is 2.16. The molecular weight excluding hydrogens is 418 g/mol. The van der Waals surface area contributed by atoms with Crippen LogP contribution >= 0.6 is 11.8 Å². The van der Waals surface area contributed by atoms with Gasteiger partial charge in [-0.25, -0.2) is 5.43 Å². The van der Waals surface area contributed by atoms with E-state index in [1.165, 1.54) is 22.9 Å². The van der Waals surface area contributed by atoms with Gasteiger partial charge in [0.2, 0.25) is 0 Å². The van der Waals surface area contributed by atoms with Gasteiger partial charge in [-0.3, -0.25) is 9.36 Å². The summed E-state index contributed by atoms with van der Waals surface area (Å²) in [6.07, 6.45) is 1.65. The van der Waals surface area contributed by atoms with Crippen LogP contribution in [0.4, 0.5) is 0 Å². The van der Waals surface area contributed by atoms with Gasteiger partial charge in [0.05, 0.1) is 12.0 Å². The van der Waals surface area contributed by atoms with E-state index in [-0.39, 0.29) is 11.7 Å². The first-order chi connectivity index (χ1) is 15.6. The van der Waals surface area contributed by atoms with Gasteiger partial charge in [0.1, 0.15) is 0 Å². The fraction of sp³-hybridized carbons (Fsp3) is 0.120. The number of amides is 1. The zero-order valence-electron chi connectivity index (χ0n) is 17.9. The topological polar surface area (TPSA) is 72.2 Å². The van der Waals surface area contributed by atoms with Gasteiger partial charge in [-0.2, -0.15) is 5.10 Å². The van der Waals surface area contributed by atoms with Crippen LogP contribution in [0.1, 0.15) is 16.7 Å². The number of nitrogens with zero attached hydrogens (tertiary/aromatic N) is 4. The molecule has 1 heterocycles. The second kappa shape index (κ2) is 10.1. The minimum absolute atomic E-state index is 0.171. The Hall–Kier alpha value is -3.71. The Morgan fingerprint density at radius 2 is 1.69 bits per heavy atom. The minimum Gasteiger partial charge on any atom is -0.272 e. The molecule has 0 aliphatic rings. The molecule has 7 heteroatoms. The smallest absolute Gasteiger partial charge is 0.250 e. The molecule has 4 rings (SSSR count). The first kappa shape index (κ1) is 21.5. The second-order valence-corrected chi connectivity index (χ2v) is 8.21. The van der Waals surface area contributed by atoms with Crippen molar-refractivity contribution in [1.29, 1.82) is 0 Å². The third-order valence-corrected chi connectivity index (χ3v) is 5.87. The van der Waals surface area contributed by atoms with Crippen molar-refractivity contribution in [3.05, 3.63) is 95.6 Å². The van der Waals surface area contributed by atoms with Crippen LogP contribution in [0.2, 0.25) is 0 Å². The number of thioether (sulfide) groups is 1. The monoisotopic (exact) mass is 441 g/mol. The molecule has 0 saturated heterocycles. The van der Waals surface area contributed by atoms with Gasteiger partial charge in [-0.15, -0.1) is 10.2 Å². The molecule has 3 aromatic carbocycles. The number of nitrogens with one attached hydrogen (secondary N) is 1. The Balaban J connectivity index is 1.47. The molecule has 0 saturated carbocycles. The van der Waals surface area contributed by atoms with E-state index >= 15 is 0 Å². The van der Waals surface area contributed by atoms with Crippen molar-refractivity contribution in [3.63, 3.8) is 0 Å². The molecule has 1 amide bonds.